The van der Waals surface area contributed by atoms with Crippen molar-refractivity contribution < 1.29 is 13.2 Å². The molecule has 0 saturated carbocycles. The summed E-state index contributed by atoms with van der Waals surface area (Å²) in [6.45, 7) is 6.30. The lowest BCUT2D eigenvalue weighted by Crippen LogP contribution is -2.41. The Balaban J connectivity index is 1.80. The summed E-state index contributed by atoms with van der Waals surface area (Å²) >= 11 is 1.63. The van der Waals surface area contributed by atoms with E-state index in [-0.39, 0.29) is 19.0 Å². The highest BCUT2D eigenvalue weighted by molar-refractivity contribution is 7.92. The zero-order chi connectivity index (χ0) is 23.7. The molecule has 3 aromatic rings. The van der Waals surface area contributed by atoms with Crippen molar-refractivity contribution in [2.45, 2.75) is 20.0 Å². The summed E-state index contributed by atoms with van der Waals surface area (Å²) in [5.41, 5.74) is 1.76. The Kier molecular flexibility index (Phi) is 8.77. The molecule has 0 radical (unpaired) electrons. The molecule has 2 aromatic carbocycles. The van der Waals surface area contributed by atoms with Gasteiger partial charge in [0.05, 0.1) is 13.1 Å². The second kappa shape index (κ2) is 11.7. The smallest absolute Gasteiger partial charge is 0.238 e. The van der Waals surface area contributed by atoms with Gasteiger partial charge in [-0.15, -0.1) is 17.9 Å². The van der Waals surface area contributed by atoms with Crippen LogP contribution in [-0.4, -0.2) is 36.6 Å². The predicted molar refractivity (Wildman–Crippen MR) is 136 cm³/mol. The summed E-state index contributed by atoms with van der Waals surface area (Å²) in [5.74, 6) is -0.261. The van der Waals surface area contributed by atoms with Gasteiger partial charge in [0.1, 0.15) is 0 Å². The number of hydrogen-bond donors (Lipinski definition) is 0. The minimum absolute atomic E-state index is 0.0461. The molecule has 1 heterocycles. The number of carbonyl (C=O) groups excluding carboxylic acids is 1. The van der Waals surface area contributed by atoms with Crippen LogP contribution in [0.2, 0.25) is 0 Å². The molecule has 0 atom stereocenters. The van der Waals surface area contributed by atoms with Crippen LogP contribution in [0.4, 0.5) is 0 Å². The molecule has 5 nitrogen and oxygen atoms in total. The maximum Gasteiger partial charge on any atom is 0.238 e. The van der Waals surface area contributed by atoms with Crippen molar-refractivity contribution in [1.82, 2.24) is 9.21 Å². The van der Waals surface area contributed by atoms with E-state index in [0.717, 1.165) is 25.7 Å². The van der Waals surface area contributed by atoms with Crippen molar-refractivity contribution in [1.29, 1.82) is 0 Å². The average molecular weight is 481 g/mol. The normalized spacial score (nSPS) is 11.7. The van der Waals surface area contributed by atoms with Gasteiger partial charge in [-0.05, 0) is 36.3 Å². The number of nitrogens with zero attached hydrogens (tertiary/aromatic N) is 2. The standard InChI is InChI=1S/C26H28N2O3S2/c1-3-17-28(33(30,31)18-16-23-10-6-4-7-11-23)21-26(29)27(19-24-12-8-5-9-13-24)20-25-15-14-22(2)32-25/h3-16,18H,1,17,19-21H2,2H3. The second-order valence-electron chi connectivity index (χ2n) is 7.59. The molecule has 1 amide bonds. The minimum Gasteiger partial charge on any atom is -0.332 e. The Morgan fingerprint density at radius 3 is 2.24 bits per heavy atom. The first kappa shape index (κ1) is 24.6. The van der Waals surface area contributed by atoms with Gasteiger partial charge in [-0.1, -0.05) is 66.7 Å². The number of benzene rings is 2. The lowest BCUT2D eigenvalue weighted by Gasteiger charge is -2.26. The fourth-order valence-corrected chi connectivity index (χ4v) is 5.27. The first-order chi connectivity index (χ1) is 15.9. The van der Waals surface area contributed by atoms with Crippen LogP contribution in [0.1, 0.15) is 20.9 Å². The molecule has 3 rings (SSSR count). The van der Waals surface area contributed by atoms with Crippen molar-refractivity contribution >= 4 is 33.3 Å². The highest BCUT2D eigenvalue weighted by atomic mass is 32.2. The van der Waals surface area contributed by atoms with Gasteiger partial charge in [-0.25, -0.2) is 8.42 Å². The second-order valence-corrected chi connectivity index (χ2v) is 10.8. The number of hydrogen-bond acceptors (Lipinski definition) is 4. The lowest BCUT2D eigenvalue weighted by atomic mass is 10.2. The molecule has 0 aliphatic heterocycles. The zero-order valence-electron chi connectivity index (χ0n) is 18.6. The topological polar surface area (TPSA) is 57.7 Å². The third-order valence-electron chi connectivity index (χ3n) is 4.95. The van der Waals surface area contributed by atoms with Gasteiger partial charge in [0.15, 0.2) is 0 Å². The number of amides is 1. The zero-order valence-corrected chi connectivity index (χ0v) is 20.3. The van der Waals surface area contributed by atoms with Gasteiger partial charge in [-0.3, -0.25) is 4.79 Å². The van der Waals surface area contributed by atoms with Gasteiger partial charge in [0.25, 0.3) is 0 Å². The SMILES string of the molecule is C=CCN(CC(=O)N(Cc1ccccc1)Cc1ccc(C)s1)S(=O)(=O)C=Cc1ccccc1. The van der Waals surface area contributed by atoms with Gasteiger partial charge in [0, 0.05) is 28.3 Å². The third kappa shape index (κ3) is 7.53. The first-order valence-electron chi connectivity index (χ1n) is 10.6. The van der Waals surface area contributed by atoms with Crippen LogP contribution in [0.5, 0.6) is 0 Å². The molecule has 1 aromatic heterocycles. The average Bonchev–Trinajstić information content (AvgIpc) is 3.23. The van der Waals surface area contributed by atoms with Crippen LogP contribution in [0.3, 0.4) is 0 Å². The number of carbonyl (C=O) groups is 1. The van der Waals surface area contributed by atoms with E-state index in [4.69, 9.17) is 0 Å². The lowest BCUT2D eigenvalue weighted by molar-refractivity contribution is -0.132. The van der Waals surface area contributed by atoms with Crippen molar-refractivity contribution in [3.05, 3.63) is 112 Å². The van der Waals surface area contributed by atoms with Crippen molar-refractivity contribution in [2.75, 3.05) is 13.1 Å². The molecule has 0 bridgehead atoms. The fraction of sp³-hybridized carbons (Fsp3) is 0.192. The maximum absolute atomic E-state index is 13.3. The molecule has 0 spiro atoms. The molecule has 0 saturated heterocycles. The van der Waals surface area contributed by atoms with Crippen LogP contribution in [0.15, 0.2) is 90.9 Å². The molecule has 33 heavy (non-hydrogen) atoms. The van der Waals surface area contributed by atoms with Gasteiger partial charge in [-0.2, -0.15) is 4.31 Å². The van der Waals surface area contributed by atoms with E-state index < -0.39 is 10.0 Å². The van der Waals surface area contributed by atoms with Crippen molar-refractivity contribution in [3.8, 4) is 0 Å². The van der Waals surface area contributed by atoms with Crippen LogP contribution in [0.25, 0.3) is 6.08 Å². The Labute approximate surface area is 200 Å². The van der Waals surface area contributed by atoms with E-state index in [2.05, 4.69) is 6.58 Å². The summed E-state index contributed by atoms with van der Waals surface area (Å²) in [6, 6.07) is 22.9. The van der Waals surface area contributed by atoms with Gasteiger partial charge >= 0.3 is 0 Å². The molecule has 172 valence electrons. The van der Waals surface area contributed by atoms with E-state index in [1.165, 1.54) is 17.0 Å². The van der Waals surface area contributed by atoms with E-state index in [0.29, 0.717) is 13.1 Å². The van der Waals surface area contributed by atoms with E-state index in [9.17, 15) is 13.2 Å². The Morgan fingerprint density at radius 1 is 0.970 bits per heavy atom. The molecule has 0 N–H and O–H groups in total. The van der Waals surface area contributed by atoms with Crippen LogP contribution in [0, 0.1) is 6.92 Å². The summed E-state index contributed by atoms with van der Waals surface area (Å²) in [6.07, 6.45) is 3.03. The Bertz CT molecular complexity index is 1190. The van der Waals surface area contributed by atoms with Gasteiger partial charge in [0.2, 0.25) is 15.9 Å². The monoisotopic (exact) mass is 480 g/mol. The van der Waals surface area contributed by atoms with E-state index in [1.807, 2.05) is 79.7 Å². The van der Waals surface area contributed by atoms with Crippen molar-refractivity contribution in [2.24, 2.45) is 0 Å². The Morgan fingerprint density at radius 2 is 1.64 bits per heavy atom. The molecule has 0 aliphatic carbocycles. The number of aryl methyl sites for hydroxylation is 1. The summed E-state index contributed by atoms with van der Waals surface area (Å²) in [7, 11) is -3.82. The van der Waals surface area contributed by atoms with Crippen LogP contribution >= 0.6 is 11.3 Å². The third-order valence-corrected chi connectivity index (χ3v) is 7.41. The van der Waals surface area contributed by atoms with Gasteiger partial charge < -0.3 is 4.90 Å². The number of thiophene rings is 1. The maximum atomic E-state index is 13.3. The number of rotatable bonds is 11. The number of sulfonamides is 1. The predicted octanol–water partition coefficient (Wildman–Crippen LogP) is 5.07. The quantitative estimate of drug-likeness (QED) is 0.360. The highest BCUT2D eigenvalue weighted by Gasteiger charge is 2.25. The summed E-state index contributed by atoms with van der Waals surface area (Å²) in [4.78, 5) is 17.3. The fourth-order valence-electron chi connectivity index (χ4n) is 3.26. The molecular formula is C26H28N2O3S2. The van der Waals surface area contributed by atoms with E-state index in [1.54, 1.807) is 16.2 Å². The largest absolute Gasteiger partial charge is 0.332 e. The molecule has 0 fully saturated rings. The summed E-state index contributed by atoms with van der Waals surface area (Å²) < 4.78 is 27.1. The molecule has 0 aliphatic rings. The molecular weight excluding hydrogens is 452 g/mol. The minimum atomic E-state index is -3.82. The van der Waals surface area contributed by atoms with Crippen LogP contribution in [-0.2, 0) is 27.9 Å². The first-order valence-corrected chi connectivity index (χ1v) is 12.9. The summed E-state index contributed by atoms with van der Waals surface area (Å²) in [5, 5.41) is 1.14. The Hall–Kier alpha value is -3.00. The molecule has 7 heteroatoms. The molecule has 0 unspecified atom stereocenters. The van der Waals surface area contributed by atoms with Crippen LogP contribution < -0.4 is 0 Å². The highest BCUT2D eigenvalue weighted by Crippen LogP contribution is 2.19. The van der Waals surface area contributed by atoms with E-state index >= 15 is 0 Å². The van der Waals surface area contributed by atoms with Crippen molar-refractivity contribution in [3.63, 3.8) is 0 Å².